The molecule has 30 heavy (non-hydrogen) atoms. The maximum atomic E-state index is 12.8. The zero-order valence-corrected chi connectivity index (χ0v) is 18.3. The van der Waals surface area contributed by atoms with Gasteiger partial charge in [0.25, 0.3) is 0 Å². The van der Waals surface area contributed by atoms with Gasteiger partial charge >= 0.3 is 0 Å². The Kier molecular flexibility index (Phi) is 7.34. The highest BCUT2D eigenvalue weighted by molar-refractivity contribution is 6.00. The number of para-hydroxylation sites is 1. The summed E-state index contributed by atoms with van der Waals surface area (Å²) in [7, 11) is 3.59. The molecular weight excluding hydrogens is 400 g/mol. The fourth-order valence-electron chi connectivity index (χ4n) is 4.02. The molecule has 0 spiro atoms. The van der Waals surface area contributed by atoms with E-state index in [1.54, 1.807) is 7.11 Å². The molecule has 3 aromatic rings. The molecule has 4 rings (SSSR count). The Hall–Kier alpha value is -2.57. The topological polar surface area (TPSA) is 59.4 Å². The van der Waals surface area contributed by atoms with E-state index in [1.165, 1.54) is 5.56 Å². The maximum Gasteiger partial charge on any atom is 0.228 e. The molecule has 0 unspecified atom stereocenters. The van der Waals surface area contributed by atoms with Crippen LogP contribution >= 0.6 is 12.4 Å². The van der Waals surface area contributed by atoms with E-state index in [4.69, 9.17) is 4.74 Å². The number of amides is 1. The Morgan fingerprint density at radius 2 is 1.83 bits per heavy atom. The molecule has 1 N–H and O–H groups in total. The number of carbonyl (C=O) groups excluding carboxylic acids is 1. The maximum absolute atomic E-state index is 12.8. The third-order valence-electron chi connectivity index (χ3n) is 5.83. The number of piperidine rings is 1. The number of nitrogens with one attached hydrogen (secondary N) is 1. The van der Waals surface area contributed by atoms with Gasteiger partial charge in [-0.05, 0) is 62.2 Å². The van der Waals surface area contributed by atoms with Gasteiger partial charge in [0.2, 0.25) is 5.91 Å². The lowest BCUT2D eigenvalue weighted by atomic mass is 9.95. The molecule has 1 aliphatic heterocycles. The number of methoxy groups -OCH3 is 1. The smallest absolute Gasteiger partial charge is 0.228 e. The highest BCUT2D eigenvalue weighted by atomic mass is 35.5. The Balaban J connectivity index is 0.00000256. The second kappa shape index (κ2) is 9.96. The standard InChI is InChI=1S/C23H28N4O2.ClH/c1-26-21-6-4-3-5-20(21)22(25-26)24-23(28)18-12-15-27(16-13-18)14-11-17-7-9-19(29-2)10-8-17;/h3-10,18H,11-16H2,1-2H3,(H,24,25,28);1H. The predicted octanol–water partition coefficient (Wildman–Crippen LogP) is 3.90. The zero-order valence-electron chi connectivity index (χ0n) is 17.5. The van der Waals surface area contributed by atoms with Crippen molar-refractivity contribution in [2.45, 2.75) is 19.3 Å². The van der Waals surface area contributed by atoms with E-state index in [9.17, 15) is 4.79 Å². The van der Waals surface area contributed by atoms with Crippen LogP contribution in [0.2, 0.25) is 0 Å². The molecule has 160 valence electrons. The second-order valence-electron chi connectivity index (χ2n) is 7.69. The van der Waals surface area contributed by atoms with E-state index in [0.717, 1.165) is 55.5 Å². The molecule has 2 heterocycles. The summed E-state index contributed by atoms with van der Waals surface area (Å²) >= 11 is 0. The number of aromatic nitrogens is 2. The van der Waals surface area contributed by atoms with Gasteiger partial charge in [0.15, 0.2) is 5.82 Å². The van der Waals surface area contributed by atoms with E-state index in [1.807, 2.05) is 48.1 Å². The van der Waals surface area contributed by atoms with Crippen LogP contribution in [0.1, 0.15) is 18.4 Å². The molecular formula is C23H29ClN4O2. The van der Waals surface area contributed by atoms with Crippen molar-refractivity contribution < 1.29 is 9.53 Å². The van der Waals surface area contributed by atoms with Gasteiger partial charge in [-0.3, -0.25) is 9.48 Å². The van der Waals surface area contributed by atoms with E-state index in [2.05, 4.69) is 27.4 Å². The Bertz CT molecular complexity index is 979. The van der Waals surface area contributed by atoms with Crippen LogP contribution in [0.5, 0.6) is 5.75 Å². The fraction of sp³-hybridized carbons (Fsp3) is 0.391. The summed E-state index contributed by atoms with van der Waals surface area (Å²) in [6.45, 7) is 2.93. The first-order valence-corrected chi connectivity index (χ1v) is 10.2. The van der Waals surface area contributed by atoms with Gasteiger partial charge in [-0.2, -0.15) is 5.10 Å². The van der Waals surface area contributed by atoms with Gasteiger partial charge in [0.05, 0.1) is 12.6 Å². The molecule has 2 aromatic carbocycles. The van der Waals surface area contributed by atoms with Gasteiger partial charge in [0, 0.05) is 24.9 Å². The lowest BCUT2D eigenvalue weighted by molar-refractivity contribution is -0.121. The first-order chi connectivity index (χ1) is 14.1. The van der Waals surface area contributed by atoms with Gasteiger partial charge in [-0.1, -0.05) is 24.3 Å². The van der Waals surface area contributed by atoms with Crippen LogP contribution in [0.15, 0.2) is 48.5 Å². The molecule has 7 heteroatoms. The van der Waals surface area contributed by atoms with Crippen LogP contribution in [0.25, 0.3) is 10.9 Å². The minimum absolute atomic E-state index is 0. The molecule has 0 saturated carbocycles. The average Bonchev–Trinajstić information content (AvgIpc) is 3.08. The number of anilines is 1. The normalized spacial score (nSPS) is 15.0. The summed E-state index contributed by atoms with van der Waals surface area (Å²) in [5, 5.41) is 8.52. The van der Waals surface area contributed by atoms with Crippen molar-refractivity contribution in [3.05, 3.63) is 54.1 Å². The summed E-state index contributed by atoms with van der Waals surface area (Å²) in [6, 6.07) is 16.2. The highest BCUT2D eigenvalue weighted by Gasteiger charge is 2.25. The number of nitrogens with zero attached hydrogens (tertiary/aromatic N) is 3. The first-order valence-electron chi connectivity index (χ1n) is 10.2. The number of aryl methyl sites for hydroxylation is 1. The third kappa shape index (κ3) is 4.94. The van der Waals surface area contributed by atoms with Crippen molar-refractivity contribution in [3.63, 3.8) is 0 Å². The summed E-state index contributed by atoms with van der Waals surface area (Å²) in [4.78, 5) is 15.2. The molecule has 1 fully saturated rings. The minimum atomic E-state index is 0. The molecule has 1 aromatic heterocycles. The van der Waals surface area contributed by atoms with E-state index in [-0.39, 0.29) is 24.2 Å². The number of ether oxygens (including phenoxy) is 1. The van der Waals surface area contributed by atoms with Crippen molar-refractivity contribution in [2.24, 2.45) is 13.0 Å². The summed E-state index contributed by atoms with van der Waals surface area (Å²) in [5.74, 6) is 1.69. The summed E-state index contributed by atoms with van der Waals surface area (Å²) < 4.78 is 7.02. The predicted molar refractivity (Wildman–Crippen MR) is 122 cm³/mol. The largest absolute Gasteiger partial charge is 0.497 e. The summed E-state index contributed by atoms with van der Waals surface area (Å²) in [5.41, 5.74) is 2.34. The summed E-state index contributed by atoms with van der Waals surface area (Å²) in [6.07, 6.45) is 2.79. The Morgan fingerprint density at radius 1 is 1.13 bits per heavy atom. The Labute approximate surface area is 183 Å². The Morgan fingerprint density at radius 3 is 2.53 bits per heavy atom. The van der Waals surface area contributed by atoms with Crippen molar-refractivity contribution in [1.29, 1.82) is 0 Å². The van der Waals surface area contributed by atoms with Crippen molar-refractivity contribution >= 4 is 35.0 Å². The molecule has 6 nitrogen and oxygen atoms in total. The van der Waals surface area contributed by atoms with Gasteiger partial charge in [0.1, 0.15) is 5.75 Å². The third-order valence-corrected chi connectivity index (χ3v) is 5.83. The van der Waals surface area contributed by atoms with Gasteiger partial charge in [-0.25, -0.2) is 0 Å². The lowest BCUT2D eigenvalue weighted by Gasteiger charge is -2.31. The van der Waals surface area contributed by atoms with Gasteiger partial charge in [-0.15, -0.1) is 12.4 Å². The van der Waals surface area contributed by atoms with Crippen LogP contribution in [0, 0.1) is 5.92 Å². The van der Waals surface area contributed by atoms with Crippen LogP contribution in [-0.2, 0) is 18.3 Å². The van der Waals surface area contributed by atoms with E-state index in [0.29, 0.717) is 5.82 Å². The van der Waals surface area contributed by atoms with Crippen LogP contribution in [-0.4, -0.2) is 47.3 Å². The molecule has 1 aliphatic rings. The molecule has 1 amide bonds. The van der Waals surface area contributed by atoms with Crippen molar-refractivity contribution in [2.75, 3.05) is 32.1 Å². The number of hydrogen-bond acceptors (Lipinski definition) is 4. The van der Waals surface area contributed by atoms with Crippen molar-refractivity contribution in [1.82, 2.24) is 14.7 Å². The number of hydrogen-bond donors (Lipinski definition) is 1. The zero-order chi connectivity index (χ0) is 20.2. The second-order valence-corrected chi connectivity index (χ2v) is 7.69. The number of fused-ring (bicyclic) bond motifs is 1. The first kappa shape index (κ1) is 22.1. The average molecular weight is 429 g/mol. The fourth-order valence-corrected chi connectivity index (χ4v) is 4.02. The lowest BCUT2D eigenvalue weighted by Crippen LogP contribution is -2.39. The molecule has 0 bridgehead atoms. The number of likely N-dealkylation sites (tertiary alicyclic amines) is 1. The molecule has 1 saturated heterocycles. The quantitative estimate of drug-likeness (QED) is 0.647. The van der Waals surface area contributed by atoms with Crippen molar-refractivity contribution in [3.8, 4) is 5.75 Å². The molecule has 0 radical (unpaired) electrons. The minimum Gasteiger partial charge on any atom is -0.497 e. The monoisotopic (exact) mass is 428 g/mol. The number of benzene rings is 2. The number of rotatable bonds is 6. The number of halogens is 1. The highest BCUT2D eigenvalue weighted by Crippen LogP contribution is 2.24. The van der Waals surface area contributed by atoms with Gasteiger partial charge < -0.3 is 15.0 Å². The SMILES string of the molecule is COc1ccc(CCN2CCC(C(=O)Nc3nn(C)c4ccccc34)CC2)cc1.Cl. The molecule has 0 atom stereocenters. The molecule has 0 aliphatic carbocycles. The van der Waals surface area contributed by atoms with E-state index >= 15 is 0 Å². The van der Waals surface area contributed by atoms with E-state index < -0.39 is 0 Å². The van der Waals surface area contributed by atoms with Crippen LogP contribution < -0.4 is 10.1 Å². The van der Waals surface area contributed by atoms with Crippen LogP contribution in [0.3, 0.4) is 0 Å². The number of carbonyl (C=O) groups is 1. The van der Waals surface area contributed by atoms with Crippen LogP contribution in [0.4, 0.5) is 5.82 Å².